The van der Waals surface area contributed by atoms with Gasteiger partial charge in [-0.3, -0.25) is 4.79 Å². The molecular formula is C15H19FN6OS. The summed E-state index contributed by atoms with van der Waals surface area (Å²) in [6.45, 7) is 0.551. The summed E-state index contributed by atoms with van der Waals surface area (Å²) in [6, 6.07) is 6.00. The Hall–Kier alpha value is -1.97. The number of aryl methyl sites for hydroxylation is 1. The number of hydrazine groups is 1. The van der Waals surface area contributed by atoms with Gasteiger partial charge < -0.3 is 9.88 Å². The molecule has 2 heterocycles. The Morgan fingerprint density at radius 2 is 2.21 bits per heavy atom. The standard InChI is InChI=1S/C15H19FN6OS/c1-22-9-18-21-15(22)24-7-6-17-14(23)13-8-12(19-20-13)10-2-4-11(16)5-3-10/h2-5,9,12-13,19-20H,6-8H2,1H3,(H,17,23). The summed E-state index contributed by atoms with van der Waals surface area (Å²) in [5.74, 6) is 0.407. The molecule has 7 nitrogen and oxygen atoms in total. The van der Waals surface area contributed by atoms with Crippen molar-refractivity contribution in [1.82, 2.24) is 30.9 Å². The molecule has 0 spiro atoms. The van der Waals surface area contributed by atoms with Crippen LogP contribution in [0.1, 0.15) is 18.0 Å². The Kier molecular flexibility index (Phi) is 5.44. The third kappa shape index (κ3) is 4.11. The van der Waals surface area contributed by atoms with Crippen molar-refractivity contribution < 1.29 is 9.18 Å². The molecule has 1 aromatic carbocycles. The Balaban J connectivity index is 1.41. The van der Waals surface area contributed by atoms with E-state index in [2.05, 4.69) is 26.4 Å². The summed E-state index contributed by atoms with van der Waals surface area (Å²) >= 11 is 1.54. The van der Waals surface area contributed by atoms with Crippen LogP contribution < -0.4 is 16.2 Å². The largest absolute Gasteiger partial charge is 0.354 e. The molecule has 3 N–H and O–H groups in total. The van der Waals surface area contributed by atoms with Crippen LogP contribution >= 0.6 is 11.8 Å². The fraction of sp³-hybridized carbons (Fsp3) is 0.400. The lowest BCUT2D eigenvalue weighted by atomic mass is 10.0. The van der Waals surface area contributed by atoms with Gasteiger partial charge in [-0.15, -0.1) is 10.2 Å². The third-order valence-electron chi connectivity index (χ3n) is 3.79. The Bertz CT molecular complexity index is 692. The lowest BCUT2D eigenvalue weighted by Crippen LogP contribution is -2.43. The van der Waals surface area contributed by atoms with E-state index in [9.17, 15) is 9.18 Å². The van der Waals surface area contributed by atoms with Crippen molar-refractivity contribution >= 4 is 17.7 Å². The molecule has 24 heavy (non-hydrogen) atoms. The molecule has 2 unspecified atom stereocenters. The number of nitrogens with zero attached hydrogens (tertiary/aromatic N) is 3. The van der Waals surface area contributed by atoms with E-state index in [1.807, 2.05) is 11.6 Å². The van der Waals surface area contributed by atoms with Gasteiger partial charge in [-0.1, -0.05) is 23.9 Å². The van der Waals surface area contributed by atoms with Gasteiger partial charge in [-0.25, -0.2) is 15.2 Å². The minimum absolute atomic E-state index is 0.00522. The van der Waals surface area contributed by atoms with Gasteiger partial charge in [0.25, 0.3) is 0 Å². The molecule has 0 aliphatic carbocycles. The van der Waals surface area contributed by atoms with Crippen molar-refractivity contribution in [3.05, 3.63) is 42.0 Å². The van der Waals surface area contributed by atoms with Crippen LogP contribution in [-0.2, 0) is 11.8 Å². The smallest absolute Gasteiger partial charge is 0.238 e. The van der Waals surface area contributed by atoms with Gasteiger partial charge in [0, 0.05) is 25.4 Å². The van der Waals surface area contributed by atoms with Crippen molar-refractivity contribution in [3.63, 3.8) is 0 Å². The average Bonchev–Trinajstić information content (AvgIpc) is 3.22. The molecule has 0 bridgehead atoms. The van der Waals surface area contributed by atoms with Crippen LogP contribution in [-0.4, -0.2) is 39.0 Å². The second-order valence-corrected chi connectivity index (χ2v) is 6.61. The molecule has 2 atom stereocenters. The van der Waals surface area contributed by atoms with E-state index in [1.54, 1.807) is 30.2 Å². The van der Waals surface area contributed by atoms with E-state index in [4.69, 9.17) is 0 Å². The molecule has 0 saturated carbocycles. The highest BCUT2D eigenvalue weighted by Gasteiger charge is 2.29. The molecule has 1 amide bonds. The zero-order valence-electron chi connectivity index (χ0n) is 13.2. The Labute approximate surface area is 143 Å². The van der Waals surface area contributed by atoms with Gasteiger partial charge in [0.15, 0.2) is 5.16 Å². The summed E-state index contributed by atoms with van der Waals surface area (Å²) in [6.07, 6.45) is 2.26. The van der Waals surface area contributed by atoms with Gasteiger partial charge in [-0.05, 0) is 24.1 Å². The zero-order chi connectivity index (χ0) is 16.9. The monoisotopic (exact) mass is 350 g/mol. The number of halogens is 1. The van der Waals surface area contributed by atoms with Crippen molar-refractivity contribution in [2.45, 2.75) is 23.7 Å². The summed E-state index contributed by atoms with van der Waals surface area (Å²) in [5, 5.41) is 11.5. The molecule has 1 aliphatic heterocycles. The number of thioether (sulfide) groups is 1. The van der Waals surface area contributed by atoms with Crippen LogP contribution in [0.2, 0.25) is 0 Å². The molecule has 1 aliphatic rings. The van der Waals surface area contributed by atoms with E-state index in [0.29, 0.717) is 13.0 Å². The maximum atomic E-state index is 13.0. The van der Waals surface area contributed by atoms with E-state index < -0.39 is 0 Å². The van der Waals surface area contributed by atoms with E-state index >= 15 is 0 Å². The first-order valence-electron chi connectivity index (χ1n) is 7.64. The van der Waals surface area contributed by atoms with Crippen molar-refractivity contribution in [2.75, 3.05) is 12.3 Å². The quantitative estimate of drug-likeness (QED) is 0.527. The highest BCUT2D eigenvalue weighted by molar-refractivity contribution is 7.99. The minimum Gasteiger partial charge on any atom is -0.354 e. The van der Waals surface area contributed by atoms with Crippen molar-refractivity contribution in [2.24, 2.45) is 7.05 Å². The number of amides is 1. The van der Waals surface area contributed by atoms with Crippen LogP contribution in [0, 0.1) is 5.82 Å². The number of carbonyl (C=O) groups is 1. The highest BCUT2D eigenvalue weighted by atomic mass is 32.2. The maximum absolute atomic E-state index is 13.0. The Morgan fingerprint density at radius 1 is 1.42 bits per heavy atom. The highest BCUT2D eigenvalue weighted by Crippen LogP contribution is 2.22. The van der Waals surface area contributed by atoms with Gasteiger partial charge >= 0.3 is 0 Å². The number of carbonyl (C=O) groups excluding carboxylic acids is 1. The second-order valence-electron chi connectivity index (χ2n) is 5.55. The lowest BCUT2D eigenvalue weighted by Gasteiger charge is -2.10. The molecule has 1 fully saturated rings. The SMILES string of the molecule is Cn1cnnc1SCCNC(=O)C1CC(c2ccc(F)cc2)NN1. The fourth-order valence-corrected chi connectivity index (χ4v) is 3.23. The first kappa shape index (κ1) is 16.9. The molecule has 9 heteroatoms. The van der Waals surface area contributed by atoms with Crippen molar-refractivity contribution in [1.29, 1.82) is 0 Å². The van der Waals surface area contributed by atoms with Crippen molar-refractivity contribution in [3.8, 4) is 0 Å². The topological polar surface area (TPSA) is 83.9 Å². The number of hydrogen-bond acceptors (Lipinski definition) is 6. The zero-order valence-corrected chi connectivity index (χ0v) is 14.0. The first-order chi connectivity index (χ1) is 11.6. The number of benzene rings is 1. The summed E-state index contributed by atoms with van der Waals surface area (Å²) < 4.78 is 14.8. The fourth-order valence-electron chi connectivity index (χ4n) is 2.48. The molecule has 3 rings (SSSR count). The molecule has 1 aromatic heterocycles. The van der Waals surface area contributed by atoms with Gasteiger partial charge in [-0.2, -0.15) is 0 Å². The van der Waals surface area contributed by atoms with Gasteiger partial charge in [0.1, 0.15) is 18.2 Å². The first-order valence-corrected chi connectivity index (χ1v) is 8.63. The number of hydrogen-bond donors (Lipinski definition) is 3. The number of aromatic nitrogens is 3. The summed E-state index contributed by atoms with van der Waals surface area (Å²) in [4.78, 5) is 12.2. The molecular weight excluding hydrogens is 331 g/mol. The number of nitrogens with one attached hydrogen (secondary N) is 3. The Morgan fingerprint density at radius 3 is 2.92 bits per heavy atom. The van der Waals surface area contributed by atoms with Crippen LogP contribution in [0.4, 0.5) is 4.39 Å². The maximum Gasteiger partial charge on any atom is 0.238 e. The molecule has 2 aromatic rings. The van der Waals surface area contributed by atoms with E-state index in [1.165, 1.54) is 12.1 Å². The van der Waals surface area contributed by atoms with Gasteiger partial charge in [0.05, 0.1) is 0 Å². The van der Waals surface area contributed by atoms with Crippen LogP contribution in [0.3, 0.4) is 0 Å². The van der Waals surface area contributed by atoms with Gasteiger partial charge in [0.2, 0.25) is 5.91 Å². The van der Waals surface area contributed by atoms with Crippen LogP contribution in [0.15, 0.2) is 35.7 Å². The third-order valence-corrected chi connectivity index (χ3v) is 4.83. The molecule has 1 saturated heterocycles. The lowest BCUT2D eigenvalue weighted by molar-refractivity contribution is -0.122. The predicted molar refractivity (Wildman–Crippen MR) is 88.6 cm³/mol. The second kappa shape index (κ2) is 7.73. The normalized spacial score (nSPS) is 20.2. The van der Waals surface area contributed by atoms with E-state index in [-0.39, 0.29) is 23.8 Å². The van der Waals surface area contributed by atoms with Crippen LogP contribution in [0.25, 0.3) is 0 Å². The summed E-state index contributed by atoms with van der Waals surface area (Å²) in [5.41, 5.74) is 7.03. The van der Waals surface area contributed by atoms with E-state index in [0.717, 1.165) is 16.5 Å². The summed E-state index contributed by atoms with van der Waals surface area (Å²) in [7, 11) is 1.88. The molecule has 0 radical (unpaired) electrons. The number of rotatable bonds is 6. The minimum atomic E-state index is -0.306. The predicted octanol–water partition coefficient (Wildman–Crippen LogP) is 0.770. The molecule has 128 valence electrons. The average molecular weight is 350 g/mol. The van der Waals surface area contributed by atoms with Crippen LogP contribution in [0.5, 0.6) is 0 Å².